The largest absolute Gasteiger partial charge is 0.454 e. The molecule has 0 saturated heterocycles. The number of nitrogens with zero attached hydrogens (tertiary/aromatic N) is 1. The lowest BCUT2D eigenvalue weighted by molar-refractivity contribution is 0.174. The van der Waals surface area contributed by atoms with Gasteiger partial charge in [-0.15, -0.1) is 0 Å². The Kier molecular flexibility index (Phi) is 2.44. The van der Waals surface area contributed by atoms with Crippen LogP contribution in [0, 0.1) is 0 Å². The number of rotatable bonds is 2. The summed E-state index contributed by atoms with van der Waals surface area (Å²) in [7, 11) is 4.05. The van der Waals surface area contributed by atoms with Crippen LogP contribution in [0.5, 0.6) is 11.5 Å². The molecule has 4 heteroatoms. The van der Waals surface area contributed by atoms with Crippen molar-refractivity contribution in [1.82, 2.24) is 4.90 Å². The highest BCUT2D eigenvalue weighted by Gasteiger charge is 2.19. The van der Waals surface area contributed by atoms with Crippen LogP contribution in [0.4, 0.5) is 5.69 Å². The summed E-state index contributed by atoms with van der Waals surface area (Å²) in [5.74, 6) is 1.52. The van der Waals surface area contributed by atoms with Gasteiger partial charge in [0.2, 0.25) is 6.79 Å². The molecule has 0 aromatic heterocycles. The molecule has 2 N–H and O–H groups in total. The summed E-state index contributed by atoms with van der Waals surface area (Å²) < 4.78 is 10.6. The Morgan fingerprint density at radius 3 is 2.47 bits per heavy atom. The summed E-state index contributed by atoms with van der Waals surface area (Å²) in [6.45, 7) is 2.39. The molecule has 15 heavy (non-hydrogen) atoms. The SMILES string of the molecule is CC(c1cc2c(cc1N)OCO2)N(C)C. The molecule has 0 aliphatic carbocycles. The number of benzene rings is 1. The van der Waals surface area contributed by atoms with Gasteiger partial charge in [0.15, 0.2) is 11.5 Å². The van der Waals surface area contributed by atoms with E-state index in [1.165, 1.54) is 0 Å². The molecule has 1 atom stereocenters. The molecular formula is C11H16N2O2. The molecule has 1 unspecified atom stereocenters. The standard InChI is InChI=1S/C11H16N2O2/c1-7(13(2)3)8-4-10-11(5-9(8)12)15-6-14-10/h4-5,7H,6,12H2,1-3H3. The zero-order valence-electron chi connectivity index (χ0n) is 9.28. The molecule has 0 spiro atoms. The Balaban J connectivity index is 2.40. The Labute approximate surface area is 89.6 Å². The van der Waals surface area contributed by atoms with Crippen molar-refractivity contribution in [2.75, 3.05) is 26.6 Å². The normalized spacial score (nSPS) is 15.7. The monoisotopic (exact) mass is 208 g/mol. The second-order valence-electron chi connectivity index (χ2n) is 3.97. The molecule has 0 fully saturated rings. The number of ether oxygens (including phenoxy) is 2. The summed E-state index contributed by atoms with van der Waals surface area (Å²) in [6, 6.07) is 4.06. The Morgan fingerprint density at radius 2 is 1.87 bits per heavy atom. The number of nitrogen functional groups attached to an aromatic ring is 1. The van der Waals surface area contributed by atoms with Crippen molar-refractivity contribution in [3.63, 3.8) is 0 Å². The van der Waals surface area contributed by atoms with Gasteiger partial charge in [-0.3, -0.25) is 0 Å². The molecule has 1 aromatic rings. The highest BCUT2D eigenvalue weighted by Crippen LogP contribution is 2.38. The number of hydrogen-bond acceptors (Lipinski definition) is 4. The van der Waals surface area contributed by atoms with Crippen molar-refractivity contribution in [1.29, 1.82) is 0 Å². The third-order valence-electron chi connectivity index (χ3n) is 2.80. The lowest BCUT2D eigenvalue weighted by atomic mass is 10.0. The number of nitrogens with two attached hydrogens (primary N) is 1. The van der Waals surface area contributed by atoms with Gasteiger partial charge in [-0.25, -0.2) is 0 Å². The van der Waals surface area contributed by atoms with Crippen LogP contribution >= 0.6 is 0 Å². The van der Waals surface area contributed by atoms with E-state index >= 15 is 0 Å². The maximum Gasteiger partial charge on any atom is 0.231 e. The van der Waals surface area contributed by atoms with Crippen LogP contribution in [0.1, 0.15) is 18.5 Å². The smallest absolute Gasteiger partial charge is 0.231 e. The van der Waals surface area contributed by atoms with Crippen LogP contribution in [-0.2, 0) is 0 Å². The fourth-order valence-corrected chi connectivity index (χ4v) is 1.61. The number of hydrogen-bond donors (Lipinski definition) is 1. The van der Waals surface area contributed by atoms with Crippen LogP contribution < -0.4 is 15.2 Å². The minimum atomic E-state index is 0.263. The number of fused-ring (bicyclic) bond motifs is 1. The summed E-state index contributed by atoms with van der Waals surface area (Å²) in [6.07, 6.45) is 0. The van der Waals surface area contributed by atoms with Gasteiger partial charge in [-0.1, -0.05) is 0 Å². The summed E-state index contributed by atoms with van der Waals surface area (Å²) in [4.78, 5) is 2.11. The summed E-state index contributed by atoms with van der Waals surface area (Å²) in [5.41, 5.74) is 7.79. The van der Waals surface area contributed by atoms with E-state index in [4.69, 9.17) is 15.2 Å². The van der Waals surface area contributed by atoms with E-state index < -0.39 is 0 Å². The van der Waals surface area contributed by atoms with Crippen molar-refractivity contribution >= 4 is 5.69 Å². The molecular weight excluding hydrogens is 192 g/mol. The quantitative estimate of drug-likeness (QED) is 0.750. The zero-order valence-corrected chi connectivity index (χ0v) is 9.28. The minimum absolute atomic E-state index is 0.263. The third kappa shape index (κ3) is 1.72. The summed E-state index contributed by atoms with van der Waals surface area (Å²) in [5, 5.41) is 0. The topological polar surface area (TPSA) is 47.7 Å². The van der Waals surface area contributed by atoms with Gasteiger partial charge in [0.25, 0.3) is 0 Å². The third-order valence-corrected chi connectivity index (χ3v) is 2.80. The van der Waals surface area contributed by atoms with Gasteiger partial charge in [0.1, 0.15) is 0 Å². The molecule has 0 saturated carbocycles. The van der Waals surface area contributed by atoms with Crippen LogP contribution in [0.25, 0.3) is 0 Å². The molecule has 4 nitrogen and oxygen atoms in total. The highest BCUT2D eigenvalue weighted by molar-refractivity contribution is 5.59. The van der Waals surface area contributed by atoms with Gasteiger partial charge in [0.05, 0.1) is 0 Å². The van der Waals surface area contributed by atoms with Gasteiger partial charge >= 0.3 is 0 Å². The second-order valence-corrected chi connectivity index (χ2v) is 3.97. The van der Waals surface area contributed by atoms with E-state index in [1.807, 2.05) is 26.2 Å². The maximum absolute atomic E-state index is 5.97. The molecule has 1 aromatic carbocycles. The van der Waals surface area contributed by atoms with Crippen molar-refractivity contribution in [2.24, 2.45) is 0 Å². The Hall–Kier alpha value is -1.42. The van der Waals surface area contributed by atoms with Crippen molar-refractivity contribution in [2.45, 2.75) is 13.0 Å². The molecule has 0 bridgehead atoms. The molecule has 0 amide bonds. The number of anilines is 1. The van der Waals surface area contributed by atoms with Gasteiger partial charge in [-0.2, -0.15) is 0 Å². The Morgan fingerprint density at radius 1 is 1.27 bits per heavy atom. The predicted molar refractivity (Wildman–Crippen MR) is 59.1 cm³/mol. The van der Waals surface area contributed by atoms with Crippen LogP contribution in [0.15, 0.2) is 12.1 Å². The molecule has 82 valence electrons. The maximum atomic E-state index is 5.97. The van der Waals surface area contributed by atoms with Crippen molar-refractivity contribution in [3.8, 4) is 11.5 Å². The fourth-order valence-electron chi connectivity index (χ4n) is 1.61. The van der Waals surface area contributed by atoms with Gasteiger partial charge in [0, 0.05) is 17.8 Å². The van der Waals surface area contributed by atoms with Crippen molar-refractivity contribution in [3.05, 3.63) is 17.7 Å². The average Bonchev–Trinajstić information content (AvgIpc) is 2.62. The van der Waals surface area contributed by atoms with Crippen LogP contribution in [0.3, 0.4) is 0 Å². The Bertz CT molecular complexity index is 377. The van der Waals surface area contributed by atoms with Gasteiger partial charge in [-0.05, 0) is 32.6 Å². The fraction of sp³-hybridized carbons (Fsp3) is 0.455. The van der Waals surface area contributed by atoms with Gasteiger partial charge < -0.3 is 20.1 Å². The highest BCUT2D eigenvalue weighted by atomic mass is 16.7. The van der Waals surface area contributed by atoms with Crippen LogP contribution in [-0.4, -0.2) is 25.8 Å². The molecule has 1 heterocycles. The lowest BCUT2D eigenvalue weighted by Gasteiger charge is -2.21. The average molecular weight is 208 g/mol. The van der Waals surface area contributed by atoms with E-state index in [2.05, 4.69) is 11.8 Å². The molecule has 2 rings (SSSR count). The van der Waals surface area contributed by atoms with E-state index in [-0.39, 0.29) is 12.8 Å². The van der Waals surface area contributed by atoms with E-state index in [0.29, 0.717) is 0 Å². The first-order valence-corrected chi connectivity index (χ1v) is 4.95. The first kappa shape index (κ1) is 10.1. The zero-order chi connectivity index (χ0) is 11.0. The second kappa shape index (κ2) is 3.62. The van der Waals surface area contributed by atoms with E-state index in [9.17, 15) is 0 Å². The van der Waals surface area contributed by atoms with E-state index in [1.54, 1.807) is 0 Å². The molecule has 0 radical (unpaired) electrons. The van der Waals surface area contributed by atoms with E-state index in [0.717, 1.165) is 22.7 Å². The predicted octanol–water partition coefficient (Wildman–Crippen LogP) is 1.62. The van der Waals surface area contributed by atoms with Crippen LogP contribution in [0.2, 0.25) is 0 Å². The van der Waals surface area contributed by atoms with Crippen molar-refractivity contribution < 1.29 is 9.47 Å². The summed E-state index contributed by atoms with van der Waals surface area (Å²) >= 11 is 0. The first-order valence-electron chi connectivity index (χ1n) is 4.95. The first-order chi connectivity index (χ1) is 7.09. The lowest BCUT2D eigenvalue weighted by Crippen LogP contribution is -2.17. The molecule has 1 aliphatic heterocycles. The minimum Gasteiger partial charge on any atom is -0.454 e. The molecule has 1 aliphatic rings.